The van der Waals surface area contributed by atoms with Crippen molar-refractivity contribution in [1.82, 2.24) is 5.32 Å². The summed E-state index contributed by atoms with van der Waals surface area (Å²) in [6, 6.07) is 0. The van der Waals surface area contributed by atoms with E-state index in [9.17, 15) is 22.4 Å². The minimum atomic E-state index is -4.88. The molecule has 2 N–H and O–H groups in total. The van der Waals surface area contributed by atoms with Gasteiger partial charge in [0.1, 0.15) is 13.2 Å². The Morgan fingerprint density at radius 3 is 2.42 bits per heavy atom. The van der Waals surface area contributed by atoms with E-state index in [2.05, 4.69) is 9.50 Å². The zero-order valence-corrected chi connectivity index (χ0v) is 13.9. The lowest BCUT2D eigenvalue weighted by atomic mass is 9.89. The number of alkyl halides is 1. The molecule has 24 heavy (non-hydrogen) atoms. The fourth-order valence-corrected chi connectivity index (χ4v) is 2.61. The number of esters is 1. The number of carbonyl (C=O) groups excluding carboxylic acids is 2. The molecule has 0 aromatic rings. The molecule has 1 atom stereocenters. The average molecular weight is 371 g/mol. The van der Waals surface area contributed by atoms with Gasteiger partial charge in [-0.2, -0.15) is 8.42 Å². The molecule has 0 aliphatic heterocycles. The molecule has 1 unspecified atom stereocenters. The summed E-state index contributed by atoms with van der Waals surface area (Å²) in [5.41, 5.74) is 0. The summed E-state index contributed by atoms with van der Waals surface area (Å²) in [5, 5.41) is 2.15. The van der Waals surface area contributed by atoms with Gasteiger partial charge in [0.05, 0.1) is 5.92 Å². The largest absolute Gasteiger partial charge is 0.462 e. The van der Waals surface area contributed by atoms with Gasteiger partial charge < -0.3 is 14.8 Å². The minimum absolute atomic E-state index is 0.0691. The van der Waals surface area contributed by atoms with Crippen molar-refractivity contribution in [2.75, 3.05) is 19.8 Å². The standard InChI is InChI=1S/C13H22FNO8S/c14-11(23-24(18,19)20)6-7-15-13(17)22-9-8-21-12(16)10-4-2-1-3-5-10/h10-11H,1-9H2,(H,15,17)(H,18,19,20). The van der Waals surface area contributed by atoms with Crippen LogP contribution in [0.3, 0.4) is 0 Å². The fraction of sp³-hybridized carbons (Fsp3) is 0.846. The van der Waals surface area contributed by atoms with Crippen molar-refractivity contribution >= 4 is 22.5 Å². The molecule has 0 heterocycles. The Bertz CT molecular complexity index is 506. The van der Waals surface area contributed by atoms with Crippen LogP contribution in [0.2, 0.25) is 0 Å². The van der Waals surface area contributed by atoms with E-state index in [0.29, 0.717) is 0 Å². The highest BCUT2D eigenvalue weighted by atomic mass is 32.3. The summed E-state index contributed by atoms with van der Waals surface area (Å²) >= 11 is 0. The van der Waals surface area contributed by atoms with Crippen LogP contribution in [0, 0.1) is 5.92 Å². The van der Waals surface area contributed by atoms with Gasteiger partial charge in [-0.15, -0.1) is 0 Å². The number of halogens is 1. The van der Waals surface area contributed by atoms with Gasteiger partial charge in [0.2, 0.25) is 6.36 Å². The molecular weight excluding hydrogens is 349 g/mol. The first-order valence-electron chi connectivity index (χ1n) is 7.65. The quantitative estimate of drug-likeness (QED) is 0.353. The first kappa shape index (κ1) is 20.6. The Hall–Kier alpha value is -1.46. The third kappa shape index (κ3) is 9.63. The van der Waals surface area contributed by atoms with Crippen molar-refractivity contribution in [2.24, 2.45) is 5.92 Å². The lowest BCUT2D eigenvalue weighted by molar-refractivity contribution is -0.150. The predicted molar refractivity (Wildman–Crippen MR) is 79.0 cm³/mol. The van der Waals surface area contributed by atoms with E-state index >= 15 is 0 Å². The summed E-state index contributed by atoms with van der Waals surface area (Å²) in [6.45, 7) is -0.484. The van der Waals surface area contributed by atoms with Crippen molar-refractivity contribution in [2.45, 2.75) is 44.9 Å². The molecule has 1 aliphatic rings. The van der Waals surface area contributed by atoms with Gasteiger partial charge in [-0.1, -0.05) is 19.3 Å². The molecule has 140 valence electrons. The smallest absolute Gasteiger partial charge is 0.407 e. The van der Waals surface area contributed by atoms with Crippen LogP contribution >= 0.6 is 0 Å². The fourth-order valence-electron chi connectivity index (χ4n) is 2.25. The van der Waals surface area contributed by atoms with E-state index < -0.39 is 29.3 Å². The van der Waals surface area contributed by atoms with Crippen molar-refractivity contribution in [3.63, 3.8) is 0 Å². The third-order valence-electron chi connectivity index (χ3n) is 3.37. The number of hydrogen-bond donors (Lipinski definition) is 2. The van der Waals surface area contributed by atoms with Gasteiger partial charge in [-0.05, 0) is 12.8 Å². The Morgan fingerprint density at radius 2 is 1.79 bits per heavy atom. The summed E-state index contributed by atoms with van der Waals surface area (Å²) in [5.74, 6) is -0.377. The summed E-state index contributed by atoms with van der Waals surface area (Å²) in [7, 11) is -4.88. The van der Waals surface area contributed by atoms with E-state index in [0.717, 1.165) is 32.1 Å². The van der Waals surface area contributed by atoms with Gasteiger partial charge in [0, 0.05) is 13.0 Å². The first-order valence-corrected chi connectivity index (χ1v) is 9.01. The number of hydrogen-bond acceptors (Lipinski definition) is 7. The predicted octanol–water partition coefficient (Wildman–Crippen LogP) is 1.34. The molecule has 1 amide bonds. The Morgan fingerprint density at radius 1 is 1.17 bits per heavy atom. The van der Waals surface area contributed by atoms with Crippen LogP contribution in [-0.4, -0.2) is 51.1 Å². The van der Waals surface area contributed by atoms with Crippen molar-refractivity contribution < 1.29 is 40.6 Å². The maximum Gasteiger partial charge on any atom is 0.407 e. The number of rotatable bonds is 9. The maximum absolute atomic E-state index is 12.9. The minimum Gasteiger partial charge on any atom is -0.462 e. The molecule has 1 aliphatic carbocycles. The van der Waals surface area contributed by atoms with Crippen LogP contribution in [-0.2, 0) is 28.9 Å². The zero-order chi connectivity index (χ0) is 18.0. The normalized spacial score (nSPS) is 17.1. The second kappa shape index (κ2) is 10.4. The SMILES string of the molecule is O=C(NCCC(F)OS(=O)(=O)O)OCCOC(=O)C1CCCCC1. The molecule has 1 rings (SSSR count). The van der Waals surface area contributed by atoms with Crippen LogP contribution in [0.25, 0.3) is 0 Å². The monoisotopic (exact) mass is 371 g/mol. The van der Waals surface area contributed by atoms with E-state index in [4.69, 9.17) is 14.0 Å². The molecule has 1 fully saturated rings. The first-order chi connectivity index (χ1) is 11.3. The molecule has 9 nitrogen and oxygen atoms in total. The lowest BCUT2D eigenvalue weighted by Crippen LogP contribution is -2.29. The number of amides is 1. The topological polar surface area (TPSA) is 128 Å². The summed E-state index contributed by atoms with van der Waals surface area (Å²) < 4.78 is 54.9. The van der Waals surface area contributed by atoms with Crippen LogP contribution in [0.5, 0.6) is 0 Å². The van der Waals surface area contributed by atoms with Crippen LogP contribution < -0.4 is 5.32 Å². The molecular formula is C13H22FNO8S. The van der Waals surface area contributed by atoms with Gasteiger partial charge in [-0.25, -0.2) is 13.4 Å². The second-order valence-electron chi connectivity index (χ2n) is 5.29. The van der Waals surface area contributed by atoms with Crippen molar-refractivity contribution in [1.29, 1.82) is 0 Å². The molecule has 0 radical (unpaired) electrons. The molecule has 0 aromatic heterocycles. The van der Waals surface area contributed by atoms with Crippen molar-refractivity contribution in [3.05, 3.63) is 0 Å². The van der Waals surface area contributed by atoms with Gasteiger partial charge in [-0.3, -0.25) is 9.35 Å². The molecule has 0 bridgehead atoms. The van der Waals surface area contributed by atoms with E-state index in [-0.39, 0.29) is 31.6 Å². The lowest BCUT2D eigenvalue weighted by Gasteiger charge is -2.19. The maximum atomic E-state index is 12.9. The Kier molecular flexibility index (Phi) is 8.93. The molecule has 0 aromatic carbocycles. The molecule has 0 spiro atoms. The van der Waals surface area contributed by atoms with Crippen LogP contribution in [0.1, 0.15) is 38.5 Å². The van der Waals surface area contributed by atoms with E-state index in [1.165, 1.54) is 0 Å². The zero-order valence-electron chi connectivity index (χ0n) is 13.1. The van der Waals surface area contributed by atoms with E-state index in [1.807, 2.05) is 0 Å². The average Bonchev–Trinajstić information content (AvgIpc) is 2.50. The van der Waals surface area contributed by atoms with Crippen LogP contribution in [0.4, 0.5) is 9.18 Å². The highest BCUT2D eigenvalue weighted by Crippen LogP contribution is 2.24. The molecule has 11 heteroatoms. The second-order valence-corrected chi connectivity index (χ2v) is 6.34. The molecule has 0 saturated heterocycles. The number of ether oxygens (including phenoxy) is 2. The Labute approximate surface area is 139 Å². The number of nitrogens with one attached hydrogen (secondary N) is 1. The Balaban J connectivity index is 2.04. The van der Waals surface area contributed by atoms with Crippen LogP contribution in [0.15, 0.2) is 0 Å². The van der Waals surface area contributed by atoms with Gasteiger partial charge in [0.25, 0.3) is 0 Å². The summed E-state index contributed by atoms with van der Waals surface area (Å²) in [6.07, 6.45) is 1.13. The summed E-state index contributed by atoms with van der Waals surface area (Å²) in [4.78, 5) is 23.0. The van der Waals surface area contributed by atoms with Gasteiger partial charge >= 0.3 is 22.5 Å². The number of carbonyl (C=O) groups is 2. The van der Waals surface area contributed by atoms with E-state index in [1.54, 1.807) is 0 Å². The van der Waals surface area contributed by atoms with Gasteiger partial charge in [0.15, 0.2) is 0 Å². The third-order valence-corrected chi connectivity index (χ3v) is 3.82. The number of alkyl carbamates (subject to hydrolysis) is 1. The highest BCUT2D eigenvalue weighted by Gasteiger charge is 2.22. The van der Waals surface area contributed by atoms with Crippen molar-refractivity contribution in [3.8, 4) is 0 Å². The highest BCUT2D eigenvalue weighted by molar-refractivity contribution is 7.80. The molecule has 1 saturated carbocycles.